The van der Waals surface area contributed by atoms with E-state index in [9.17, 15) is 18.0 Å². The van der Waals surface area contributed by atoms with Crippen LogP contribution in [0.1, 0.15) is 13.3 Å². The number of nitrogens with zero attached hydrogens (tertiary/aromatic N) is 1. The van der Waals surface area contributed by atoms with E-state index in [-0.39, 0.29) is 5.92 Å². The van der Waals surface area contributed by atoms with Gasteiger partial charge in [0.15, 0.2) is 6.61 Å². The largest absolute Gasteiger partial charge is 0.440 e. The molecule has 1 amide bonds. The van der Waals surface area contributed by atoms with Crippen molar-refractivity contribution in [3.8, 4) is 0 Å². The van der Waals surface area contributed by atoms with Crippen LogP contribution in [0.3, 0.4) is 0 Å². The molecule has 0 aliphatic carbocycles. The minimum Gasteiger partial charge on any atom is -0.440 e. The first kappa shape index (κ1) is 14.1. The molecule has 0 aromatic rings. The summed E-state index contributed by atoms with van der Waals surface area (Å²) in [7, 11) is 0. The Morgan fingerprint density at radius 2 is 2.24 bits per heavy atom. The Hall–Kier alpha value is -0.980. The molecule has 1 aliphatic rings. The molecule has 0 aromatic heterocycles. The van der Waals surface area contributed by atoms with Gasteiger partial charge in [0.2, 0.25) is 0 Å². The summed E-state index contributed by atoms with van der Waals surface area (Å²) in [4.78, 5) is 12.6. The van der Waals surface area contributed by atoms with Crippen molar-refractivity contribution in [2.24, 2.45) is 5.92 Å². The lowest BCUT2D eigenvalue weighted by atomic mass is 10.1. The Kier molecular flexibility index (Phi) is 5.04. The predicted octanol–water partition coefficient (Wildman–Crippen LogP) is 2.04. The summed E-state index contributed by atoms with van der Waals surface area (Å²) in [6.07, 6.45) is -4.58. The average molecular weight is 255 g/mol. The van der Waals surface area contributed by atoms with Gasteiger partial charge in [-0.1, -0.05) is 0 Å². The quantitative estimate of drug-likeness (QED) is 0.771. The van der Waals surface area contributed by atoms with Crippen LogP contribution in [0.15, 0.2) is 0 Å². The van der Waals surface area contributed by atoms with E-state index in [1.165, 1.54) is 4.90 Å². The highest BCUT2D eigenvalue weighted by Crippen LogP contribution is 2.17. The van der Waals surface area contributed by atoms with Crippen LogP contribution < -0.4 is 0 Å². The summed E-state index contributed by atoms with van der Waals surface area (Å²) >= 11 is 0. The molecule has 1 atom stereocenters. The fourth-order valence-electron chi connectivity index (χ4n) is 1.61. The molecular formula is C10H16F3NO3. The topological polar surface area (TPSA) is 38.8 Å². The zero-order valence-electron chi connectivity index (χ0n) is 9.63. The maximum Gasteiger partial charge on any atom is 0.422 e. The Morgan fingerprint density at radius 1 is 1.53 bits per heavy atom. The second kappa shape index (κ2) is 6.09. The van der Waals surface area contributed by atoms with Crippen molar-refractivity contribution in [1.82, 2.24) is 4.90 Å². The zero-order valence-corrected chi connectivity index (χ0v) is 9.63. The molecule has 1 unspecified atom stereocenters. The zero-order chi connectivity index (χ0) is 12.9. The van der Waals surface area contributed by atoms with Crippen LogP contribution in [0, 0.1) is 5.92 Å². The summed E-state index contributed by atoms with van der Waals surface area (Å²) in [6.45, 7) is 2.05. The monoisotopic (exact) mass is 255 g/mol. The maximum absolute atomic E-state index is 11.9. The summed E-state index contributed by atoms with van der Waals surface area (Å²) in [5.74, 6) is 0.188. The second-order valence-electron chi connectivity index (χ2n) is 3.94. The molecule has 1 saturated heterocycles. The number of alkyl halides is 3. The number of hydrogen-bond acceptors (Lipinski definition) is 3. The lowest BCUT2D eigenvalue weighted by Crippen LogP contribution is -2.37. The third kappa shape index (κ3) is 5.25. The van der Waals surface area contributed by atoms with Gasteiger partial charge in [0.1, 0.15) is 0 Å². The van der Waals surface area contributed by atoms with Crippen molar-refractivity contribution in [2.75, 3.05) is 32.9 Å². The van der Waals surface area contributed by atoms with E-state index in [1.54, 1.807) is 6.92 Å². The Balaban J connectivity index is 2.35. The minimum atomic E-state index is -4.48. The maximum atomic E-state index is 11.9. The number of rotatable bonds is 4. The Labute approximate surface area is 97.7 Å². The second-order valence-corrected chi connectivity index (χ2v) is 3.94. The first-order chi connectivity index (χ1) is 7.92. The van der Waals surface area contributed by atoms with Crippen molar-refractivity contribution in [3.63, 3.8) is 0 Å². The van der Waals surface area contributed by atoms with E-state index >= 15 is 0 Å². The SMILES string of the molecule is CCN(CC1CCOC1)C(=O)OCC(F)(F)F. The molecular weight excluding hydrogens is 239 g/mol. The fraction of sp³-hybridized carbons (Fsp3) is 0.900. The molecule has 0 bridgehead atoms. The Bertz CT molecular complexity index is 252. The first-order valence-corrected chi connectivity index (χ1v) is 5.48. The molecule has 100 valence electrons. The van der Waals surface area contributed by atoms with Gasteiger partial charge in [-0.2, -0.15) is 13.2 Å². The third-order valence-electron chi connectivity index (χ3n) is 2.50. The minimum absolute atomic E-state index is 0.188. The van der Waals surface area contributed by atoms with Gasteiger partial charge >= 0.3 is 12.3 Å². The smallest absolute Gasteiger partial charge is 0.422 e. The van der Waals surface area contributed by atoms with Crippen LogP contribution in [-0.4, -0.2) is 50.1 Å². The number of hydrogen-bond donors (Lipinski definition) is 0. The highest BCUT2D eigenvalue weighted by Gasteiger charge is 2.31. The van der Waals surface area contributed by atoms with Crippen LogP contribution >= 0.6 is 0 Å². The molecule has 0 saturated carbocycles. The molecule has 1 heterocycles. The Morgan fingerprint density at radius 3 is 2.71 bits per heavy atom. The van der Waals surface area contributed by atoms with E-state index in [1.807, 2.05) is 0 Å². The lowest BCUT2D eigenvalue weighted by Gasteiger charge is -2.23. The van der Waals surface area contributed by atoms with Crippen molar-refractivity contribution >= 4 is 6.09 Å². The number of halogens is 3. The van der Waals surface area contributed by atoms with E-state index in [0.29, 0.717) is 26.3 Å². The van der Waals surface area contributed by atoms with Crippen molar-refractivity contribution in [1.29, 1.82) is 0 Å². The van der Waals surface area contributed by atoms with Gasteiger partial charge in [0, 0.05) is 25.6 Å². The predicted molar refractivity (Wildman–Crippen MR) is 53.6 cm³/mol. The van der Waals surface area contributed by atoms with Gasteiger partial charge < -0.3 is 14.4 Å². The molecule has 0 radical (unpaired) electrons. The first-order valence-electron chi connectivity index (χ1n) is 5.48. The molecule has 1 rings (SSSR count). The third-order valence-corrected chi connectivity index (χ3v) is 2.50. The number of ether oxygens (including phenoxy) is 2. The van der Waals surface area contributed by atoms with Crippen molar-refractivity contribution in [2.45, 2.75) is 19.5 Å². The van der Waals surface area contributed by atoms with Crippen LogP contribution in [0.25, 0.3) is 0 Å². The lowest BCUT2D eigenvalue weighted by molar-refractivity contribution is -0.162. The number of carbonyl (C=O) groups excluding carboxylic acids is 1. The molecule has 0 aromatic carbocycles. The highest BCUT2D eigenvalue weighted by atomic mass is 19.4. The summed E-state index contributed by atoms with van der Waals surface area (Å²) in [5, 5.41) is 0. The van der Waals surface area contributed by atoms with Crippen LogP contribution in [0.4, 0.5) is 18.0 Å². The normalized spacial score (nSPS) is 20.4. The van der Waals surface area contributed by atoms with Gasteiger partial charge in [-0.05, 0) is 13.3 Å². The number of amides is 1. The van der Waals surface area contributed by atoms with Gasteiger partial charge in [-0.3, -0.25) is 0 Å². The summed E-state index contributed by atoms with van der Waals surface area (Å²) in [6, 6.07) is 0. The van der Waals surface area contributed by atoms with E-state index in [0.717, 1.165) is 6.42 Å². The standard InChI is InChI=1S/C10H16F3NO3/c1-2-14(5-8-3-4-16-6-8)9(15)17-7-10(11,12)13/h8H,2-7H2,1H3. The summed E-state index contributed by atoms with van der Waals surface area (Å²) < 4.78 is 44.9. The van der Waals surface area contributed by atoms with Crippen LogP contribution in [0.5, 0.6) is 0 Å². The van der Waals surface area contributed by atoms with Gasteiger partial charge in [0.05, 0.1) is 6.61 Å². The highest BCUT2D eigenvalue weighted by molar-refractivity contribution is 5.67. The van der Waals surface area contributed by atoms with Crippen molar-refractivity contribution < 1.29 is 27.4 Å². The average Bonchev–Trinajstić information content (AvgIpc) is 2.74. The molecule has 1 aliphatic heterocycles. The van der Waals surface area contributed by atoms with E-state index in [2.05, 4.69) is 4.74 Å². The molecule has 4 nitrogen and oxygen atoms in total. The van der Waals surface area contributed by atoms with E-state index < -0.39 is 18.9 Å². The van der Waals surface area contributed by atoms with E-state index in [4.69, 9.17) is 4.74 Å². The van der Waals surface area contributed by atoms with Gasteiger partial charge in [-0.25, -0.2) is 4.79 Å². The molecule has 17 heavy (non-hydrogen) atoms. The van der Waals surface area contributed by atoms with Crippen LogP contribution in [-0.2, 0) is 9.47 Å². The molecule has 0 spiro atoms. The molecule has 1 fully saturated rings. The summed E-state index contributed by atoms with van der Waals surface area (Å²) in [5.41, 5.74) is 0. The van der Waals surface area contributed by atoms with Crippen LogP contribution in [0.2, 0.25) is 0 Å². The van der Waals surface area contributed by atoms with Crippen molar-refractivity contribution in [3.05, 3.63) is 0 Å². The molecule has 0 N–H and O–H groups in total. The fourth-order valence-corrected chi connectivity index (χ4v) is 1.61. The molecule has 7 heteroatoms. The van der Waals surface area contributed by atoms with Gasteiger partial charge in [0.25, 0.3) is 0 Å². The van der Waals surface area contributed by atoms with Gasteiger partial charge in [-0.15, -0.1) is 0 Å². The number of carbonyl (C=O) groups is 1.